The summed E-state index contributed by atoms with van der Waals surface area (Å²) in [6, 6.07) is 8.18. The maximum atomic E-state index is 11.7. The van der Waals surface area contributed by atoms with Gasteiger partial charge in [-0.2, -0.15) is 0 Å². The van der Waals surface area contributed by atoms with Crippen LogP contribution in [0, 0.1) is 5.92 Å². The molecule has 0 bridgehead atoms. The Hall–Kier alpha value is -1.85. The van der Waals surface area contributed by atoms with E-state index in [2.05, 4.69) is 22.0 Å². The summed E-state index contributed by atoms with van der Waals surface area (Å²) >= 11 is 0. The molecule has 1 saturated heterocycles. The van der Waals surface area contributed by atoms with Crippen LogP contribution in [-0.2, 0) is 16.1 Å². The van der Waals surface area contributed by atoms with Crippen LogP contribution in [0.3, 0.4) is 0 Å². The Bertz CT molecular complexity index is 637. The number of aromatic nitrogens is 1. The van der Waals surface area contributed by atoms with E-state index in [9.17, 15) is 9.90 Å². The minimum atomic E-state index is -0.600. The van der Waals surface area contributed by atoms with E-state index < -0.39 is 12.0 Å². The smallest absolute Gasteiger partial charge is 0.312 e. The SMILES string of the molecule is COC(=O)[C@@H]1CN(Cc2c[nH]c3ccccc23)CC[C@@H]1O. The molecule has 0 radical (unpaired) electrons. The Balaban J connectivity index is 1.74. The van der Waals surface area contributed by atoms with Crippen LogP contribution in [0.15, 0.2) is 30.5 Å². The first-order chi connectivity index (χ1) is 10.2. The van der Waals surface area contributed by atoms with E-state index in [-0.39, 0.29) is 5.97 Å². The van der Waals surface area contributed by atoms with Crippen LogP contribution in [0.2, 0.25) is 0 Å². The Labute approximate surface area is 123 Å². The van der Waals surface area contributed by atoms with Gasteiger partial charge in [-0.25, -0.2) is 0 Å². The molecule has 5 heteroatoms. The molecule has 2 atom stereocenters. The van der Waals surface area contributed by atoms with E-state index in [4.69, 9.17) is 4.74 Å². The molecule has 2 aromatic rings. The minimum Gasteiger partial charge on any atom is -0.469 e. The Morgan fingerprint density at radius 3 is 3.10 bits per heavy atom. The van der Waals surface area contributed by atoms with Crippen molar-refractivity contribution in [2.45, 2.75) is 19.1 Å². The quantitative estimate of drug-likeness (QED) is 0.841. The van der Waals surface area contributed by atoms with Gasteiger partial charge in [0.25, 0.3) is 0 Å². The van der Waals surface area contributed by atoms with Gasteiger partial charge < -0.3 is 14.8 Å². The van der Waals surface area contributed by atoms with Gasteiger partial charge in [-0.05, 0) is 18.1 Å². The molecule has 1 fully saturated rings. The van der Waals surface area contributed by atoms with Gasteiger partial charge in [-0.1, -0.05) is 18.2 Å². The number of piperidine rings is 1. The second kappa shape index (κ2) is 5.87. The predicted octanol–water partition coefficient (Wildman–Crippen LogP) is 1.52. The summed E-state index contributed by atoms with van der Waals surface area (Å²) in [5.74, 6) is -0.778. The first-order valence-electron chi connectivity index (χ1n) is 7.22. The number of likely N-dealkylation sites (tertiary alicyclic amines) is 1. The lowest BCUT2D eigenvalue weighted by atomic mass is 9.94. The zero-order chi connectivity index (χ0) is 14.8. The molecule has 2 N–H and O–H groups in total. The topological polar surface area (TPSA) is 65.6 Å². The van der Waals surface area contributed by atoms with Crippen LogP contribution >= 0.6 is 0 Å². The summed E-state index contributed by atoms with van der Waals surface area (Å²) in [5.41, 5.74) is 2.33. The molecule has 112 valence electrons. The summed E-state index contributed by atoms with van der Waals surface area (Å²) in [6.07, 6.45) is 2.02. The lowest BCUT2D eigenvalue weighted by molar-refractivity contribution is -0.152. The highest BCUT2D eigenvalue weighted by atomic mass is 16.5. The number of aromatic amines is 1. The molecule has 0 unspecified atom stereocenters. The number of methoxy groups -OCH3 is 1. The molecule has 1 aliphatic heterocycles. The second-order valence-electron chi connectivity index (χ2n) is 5.58. The standard InChI is InChI=1S/C16H20N2O3/c1-21-16(20)13-10-18(7-6-15(13)19)9-11-8-17-14-5-3-2-4-12(11)14/h2-5,8,13,15,17,19H,6-7,9-10H2,1H3/t13-,15+/m1/s1. The predicted molar refractivity (Wildman–Crippen MR) is 79.7 cm³/mol. The van der Waals surface area contributed by atoms with Crippen molar-refractivity contribution < 1.29 is 14.6 Å². The number of para-hydroxylation sites is 1. The third-order valence-corrected chi connectivity index (χ3v) is 4.23. The number of rotatable bonds is 3. The van der Waals surface area contributed by atoms with Crippen LogP contribution in [0.1, 0.15) is 12.0 Å². The van der Waals surface area contributed by atoms with Gasteiger partial charge in [-0.3, -0.25) is 9.69 Å². The van der Waals surface area contributed by atoms with E-state index >= 15 is 0 Å². The number of carbonyl (C=O) groups excluding carboxylic acids is 1. The van der Waals surface area contributed by atoms with Crippen molar-refractivity contribution in [1.29, 1.82) is 0 Å². The van der Waals surface area contributed by atoms with Crippen molar-refractivity contribution in [3.63, 3.8) is 0 Å². The van der Waals surface area contributed by atoms with Gasteiger partial charge in [0.1, 0.15) is 0 Å². The first kappa shape index (κ1) is 14.1. The molecule has 0 aliphatic carbocycles. The van der Waals surface area contributed by atoms with Gasteiger partial charge in [0, 0.05) is 36.7 Å². The molecule has 1 aromatic heterocycles. The van der Waals surface area contributed by atoms with Crippen LogP contribution < -0.4 is 0 Å². The number of hydrogen-bond donors (Lipinski definition) is 2. The molecule has 1 aliphatic rings. The maximum absolute atomic E-state index is 11.7. The number of esters is 1. The molecule has 0 amide bonds. The molecule has 3 rings (SSSR count). The molecule has 5 nitrogen and oxygen atoms in total. The van der Waals surface area contributed by atoms with Crippen LogP contribution in [0.4, 0.5) is 0 Å². The van der Waals surface area contributed by atoms with Gasteiger partial charge in [0.05, 0.1) is 19.1 Å². The van der Waals surface area contributed by atoms with Gasteiger partial charge >= 0.3 is 5.97 Å². The molecule has 0 saturated carbocycles. The van der Waals surface area contributed by atoms with Crippen molar-refractivity contribution in [2.24, 2.45) is 5.92 Å². The van der Waals surface area contributed by atoms with Gasteiger partial charge in [-0.15, -0.1) is 0 Å². The minimum absolute atomic E-state index is 0.328. The third kappa shape index (κ3) is 2.80. The largest absolute Gasteiger partial charge is 0.469 e. The number of fused-ring (bicyclic) bond motifs is 1. The number of hydrogen-bond acceptors (Lipinski definition) is 4. The van der Waals surface area contributed by atoms with Crippen molar-refractivity contribution >= 4 is 16.9 Å². The monoisotopic (exact) mass is 288 g/mol. The van der Waals surface area contributed by atoms with Gasteiger partial charge in [0.2, 0.25) is 0 Å². The fourth-order valence-electron chi connectivity index (χ4n) is 3.04. The summed E-state index contributed by atoms with van der Waals surface area (Å²) in [6.45, 7) is 2.09. The van der Waals surface area contributed by atoms with E-state index in [0.717, 1.165) is 18.6 Å². The summed E-state index contributed by atoms with van der Waals surface area (Å²) < 4.78 is 4.78. The van der Waals surface area contributed by atoms with Crippen LogP contribution in [-0.4, -0.2) is 47.3 Å². The highest BCUT2D eigenvalue weighted by molar-refractivity contribution is 5.83. The summed E-state index contributed by atoms with van der Waals surface area (Å²) in [5, 5.41) is 11.2. The number of ether oxygens (including phenoxy) is 1. The highest BCUT2D eigenvalue weighted by Gasteiger charge is 2.34. The average Bonchev–Trinajstić information content (AvgIpc) is 2.92. The van der Waals surface area contributed by atoms with E-state index in [1.165, 1.54) is 18.1 Å². The van der Waals surface area contributed by atoms with Crippen molar-refractivity contribution in [2.75, 3.05) is 20.2 Å². The van der Waals surface area contributed by atoms with Crippen LogP contribution in [0.25, 0.3) is 10.9 Å². The Morgan fingerprint density at radius 2 is 2.29 bits per heavy atom. The number of benzene rings is 1. The fourth-order valence-corrected chi connectivity index (χ4v) is 3.04. The summed E-state index contributed by atoms with van der Waals surface area (Å²) in [4.78, 5) is 17.2. The third-order valence-electron chi connectivity index (χ3n) is 4.23. The van der Waals surface area contributed by atoms with E-state index in [1.807, 2.05) is 18.3 Å². The molecular formula is C16H20N2O3. The fraction of sp³-hybridized carbons (Fsp3) is 0.438. The number of H-pyrrole nitrogens is 1. The number of aliphatic hydroxyl groups excluding tert-OH is 1. The Morgan fingerprint density at radius 1 is 1.48 bits per heavy atom. The number of aliphatic hydroxyl groups is 1. The second-order valence-corrected chi connectivity index (χ2v) is 5.58. The van der Waals surface area contributed by atoms with Crippen molar-refractivity contribution in [3.8, 4) is 0 Å². The Kier molecular flexibility index (Phi) is 3.94. The van der Waals surface area contributed by atoms with Crippen LogP contribution in [0.5, 0.6) is 0 Å². The van der Waals surface area contributed by atoms with Gasteiger partial charge in [0.15, 0.2) is 0 Å². The average molecular weight is 288 g/mol. The van der Waals surface area contributed by atoms with Crippen molar-refractivity contribution in [1.82, 2.24) is 9.88 Å². The molecule has 0 spiro atoms. The number of nitrogens with zero attached hydrogens (tertiary/aromatic N) is 1. The first-order valence-corrected chi connectivity index (χ1v) is 7.22. The summed E-state index contributed by atoms with van der Waals surface area (Å²) in [7, 11) is 1.37. The molecule has 21 heavy (non-hydrogen) atoms. The van der Waals surface area contributed by atoms with E-state index in [1.54, 1.807) is 0 Å². The normalized spacial score (nSPS) is 23.3. The zero-order valence-electron chi connectivity index (χ0n) is 12.1. The number of carbonyl (C=O) groups is 1. The molecular weight excluding hydrogens is 268 g/mol. The zero-order valence-corrected chi connectivity index (χ0v) is 12.1. The lowest BCUT2D eigenvalue weighted by Crippen LogP contribution is -2.46. The highest BCUT2D eigenvalue weighted by Crippen LogP contribution is 2.23. The maximum Gasteiger partial charge on any atom is 0.312 e. The lowest BCUT2D eigenvalue weighted by Gasteiger charge is -2.34. The number of nitrogens with one attached hydrogen (secondary N) is 1. The molecule has 1 aromatic carbocycles. The van der Waals surface area contributed by atoms with E-state index in [0.29, 0.717) is 13.0 Å². The van der Waals surface area contributed by atoms with Crippen molar-refractivity contribution in [3.05, 3.63) is 36.0 Å². The molecule has 2 heterocycles.